The second kappa shape index (κ2) is 9.42. The van der Waals surface area contributed by atoms with Crippen molar-refractivity contribution >= 4 is 39.3 Å². The molecule has 2 fully saturated rings. The Morgan fingerprint density at radius 1 is 0.875 bits per heavy atom. The summed E-state index contributed by atoms with van der Waals surface area (Å²) in [4.78, 5) is 37.2. The third kappa shape index (κ3) is 3.79. The van der Waals surface area contributed by atoms with Gasteiger partial charge < -0.3 is 19.8 Å². The molecule has 7 rings (SSSR count). The van der Waals surface area contributed by atoms with Crippen molar-refractivity contribution in [1.29, 1.82) is 5.26 Å². The van der Waals surface area contributed by atoms with Gasteiger partial charge in [-0.2, -0.15) is 5.26 Å². The number of carbonyl (C=O) groups excluding carboxylic acids is 2. The largest absolute Gasteiger partial charge is 0.361 e. The number of hydrogen-bond donors (Lipinski definition) is 2. The van der Waals surface area contributed by atoms with E-state index in [1.54, 1.807) is 23.1 Å². The van der Waals surface area contributed by atoms with Gasteiger partial charge in [-0.1, -0.05) is 42.5 Å². The average molecular weight is 528 g/mol. The molecular weight excluding hydrogens is 498 g/mol. The molecule has 40 heavy (non-hydrogen) atoms. The maximum atomic E-state index is 13.7. The number of rotatable bonds is 4. The minimum atomic E-state index is -0.382. The predicted octanol–water partition coefficient (Wildman–Crippen LogP) is 5.48. The van der Waals surface area contributed by atoms with E-state index in [1.165, 1.54) is 21.9 Å². The number of amides is 2. The van der Waals surface area contributed by atoms with Crippen molar-refractivity contribution in [2.75, 3.05) is 24.5 Å². The molecule has 0 aliphatic carbocycles. The van der Waals surface area contributed by atoms with Crippen LogP contribution in [0.2, 0.25) is 0 Å². The molecule has 2 aliphatic rings. The number of hydrogen-bond acceptors (Lipinski definition) is 3. The summed E-state index contributed by atoms with van der Waals surface area (Å²) in [6, 6.07) is 26.0. The van der Waals surface area contributed by atoms with Gasteiger partial charge in [0.05, 0.1) is 17.6 Å². The van der Waals surface area contributed by atoms with Gasteiger partial charge in [0.25, 0.3) is 0 Å². The number of benzene rings is 3. The van der Waals surface area contributed by atoms with Crippen molar-refractivity contribution in [2.24, 2.45) is 5.92 Å². The van der Waals surface area contributed by atoms with E-state index in [4.69, 9.17) is 0 Å². The molecule has 0 radical (unpaired) electrons. The number of piperidine rings is 1. The number of fused-ring (bicyclic) bond motifs is 2. The summed E-state index contributed by atoms with van der Waals surface area (Å²) < 4.78 is 0. The lowest BCUT2D eigenvalue weighted by Gasteiger charge is -2.43. The molecule has 0 bridgehead atoms. The van der Waals surface area contributed by atoms with Crippen LogP contribution in [0.5, 0.6) is 0 Å². The van der Waals surface area contributed by atoms with E-state index in [0.717, 1.165) is 23.9 Å². The Labute approximate surface area is 232 Å². The van der Waals surface area contributed by atoms with Gasteiger partial charge in [-0.15, -0.1) is 0 Å². The lowest BCUT2D eigenvalue weighted by atomic mass is 9.67. The Hall–Kier alpha value is -4.83. The molecule has 4 heterocycles. The fourth-order valence-electron chi connectivity index (χ4n) is 6.85. The normalized spacial score (nSPS) is 18.9. The van der Waals surface area contributed by atoms with Crippen LogP contribution in [0, 0.1) is 17.2 Å². The summed E-state index contributed by atoms with van der Waals surface area (Å²) >= 11 is 0. The number of nitrogens with one attached hydrogen (secondary N) is 2. The molecule has 3 aromatic carbocycles. The van der Waals surface area contributed by atoms with Crippen molar-refractivity contribution < 1.29 is 9.59 Å². The van der Waals surface area contributed by atoms with Crippen molar-refractivity contribution in [3.8, 4) is 6.07 Å². The third-order valence-corrected chi connectivity index (χ3v) is 8.90. The predicted molar refractivity (Wildman–Crippen MR) is 155 cm³/mol. The Morgan fingerprint density at radius 3 is 2.12 bits per heavy atom. The molecule has 0 unspecified atom stereocenters. The first-order chi connectivity index (χ1) is 19.6. The van der Waals surface area contributed by atoms with E-state index in [9.17, 15) is 14.9 Å². The first-order valence-corrected chi connectivity index (χ1v) is 13.8. The van der Waals surface area contributed by atoms with Crippen LogP contribution >= 0.6 is 0 Å². The third-order valence-electron chi connectivity index (χ3n) is 8.90. The molecule has 198 valence electrons. The molecule has 7 nitrogen and oxygen atoms in total. The lowest BCUT2D eigenvalue weighted by molar-refractivity contribution is -0.137. The maximum absolute atomic E-state index is 13.7. The molecule has 2 aliphatic heterocycles. The van der Waals surface area contributed by atoms with Gasteiger partial charge in [-0.3, -0.25) is 9.59 Å². The van der Waals surface area contributed by atoms with Gasteiger partial charge in [-0.25, -0.2) is 0 Å². The second-order valence-corrected chi connectivity index (χ2v) is 11.0. The lowest BCUT2D eigenvalue weighted by Crippen LogP contribution is -2.47. The highest BCUT2D eigenvalue weighted by Crippen LogP contribution is 2.47. The van der Waals surface area contributed by atoms with Crippen LogP contribution in [0.15, 0.2) is 85.2 Å². The fourth-order valence-corrected chi connectivity index (χ4v) is 6.85. The highest BCUT2D eigenvalue weighted by Gasteiger charge is 2.44. The van der Waals surface area contributed by atoms with Crippen molar-refractivity contribution in [2.45, 2.75) is 24.7 Å². The van der Waals surface area contributed by atoms with Crippen LogP contribution in [0.1, 0.15) is 36.0 Å². The number of carbonyl (C=O) groups is 2. The maximum Gasteiger partial charge on any atom is 0.228 e. The van der Waals surface area contributed by atoms with E-state index < -0.39 is 0 Å². The first kappa shape index (κ1) is 24.2. The number of nitrogens with zero attached hydrogens (tertiary/aromatic N) is 3. The topological polar surface area (TPSA) is 96.0 Å². The van der Waals surface area contributed by atoms with Crippen LogP contribution in [0.25, 0.3) is 21.8 Å². The summed E-state index contributed by atoms with van der Waals surface area (Å²) in [7, 11) is 0. The molecule has 1 atom stereocenters. The number of anilines is 1. The van der Waals surface area contributed by atoms with Gasteiger partial charge in [0.1, 0.15) is 0 Å². The van der Waals surface area contributed by atoms with E-state index in [1.807, 2.05) is 23.1 Å². The van der Waals surface area contributed by atoms with Crippen LogP contribution in [-0.2, 0) is 15.0 Å². The zero-order valence-electron chi connectivity index (χ0n) is 22.1. The van der Waals surface area contributed by atoms with E-state index in [0.29, 0.717) is 30.9 Å². The van der Waals surface area contributed by atoms with Crippen LogP contribution in [0.4, 0.5) is 5.69 Å². The van der Waals surface area contributed by atoms with Gasteiger partial charge in [0, 0.05) is 71.4 Å². The zero-order valence-corrected chi connectivity index (χ0v) is 22.1. The molecule has 0 spiro atoms. The molecule has 2 aromatic heterocycles. The first-order valence-electron chi connectivity index (χ1n) is 13.8. The monoisotopic (exact) mass is 527 g/mol. The molecule has 2 saturated heterocycles. The van der Waals surface area contributed by atoms with Gasteiger partial charge in [0.15, 0.2) is 0 Å². The minimum absolute atomic E-state index is 0.0405. The summed E-state index contributed by atoms with van der Waals surface area (Å²) in [6.45, 7) is 1.58. The quantitative estimate of drug-likeness (QED) is 0.324. The van der Waals surface area contributed by atoms with Crippen LogP contribution in [-0.4, -0.2) is 46.3 Å². The van der Waals surface area contributed by atoms with E-state index in [-0.39, 0.29) is 29.6 Å². The van der Waals surface area contributed by atoms with Crippen molar-refractivity contribution in [3.05, 3.63) is 102 Å². The Morgan fingerprint density at radius 2 is 1.50 bits per heavy atom. The van der Waals surface area contributed by atoms with E-state index >= 15 is 0 Å². The highest BCUT2D eigenvalue weighted by molar-refractivity contribution is 6.00. The Kier molecular flexibility index (Phi) is 5.71. The number of aromatic amines is 2. The van der Waals surface area contributed by atoms with Gasteiger partial charge in [0.2, 0.25) is 11.8 Å². The smallest absolute Gasteiger partial charge is 0.228 e. The van der Waals surface area contributed by atoms with Crippen molar-refractivity contribution in [3.63, 3.8) is 0 Å². The zero-order chi connectivity index (χ0) is 27.3. The molecule has 7 heteroatoms. The molecular formula is C33H29N5O2. The molecule has 2 amide bonds. The average Bonchev–Trinajstić information content (AvgIpc) is 3.74. The van der Waals surface area contributed by atoms with Gasteiger partial charge in [-0.05, 0) is 54.3 Å². The fraction of sp³-hybridized carbons (Fsp3) is 0.242. The van der Waals surface area contributed by atoms with Crippen molar-refractivity contribution in [1.82, 2.24) is 14.9 Å². The number of para-hydroxylation sites is 2. The summed E-state index contributed by atoms with van der Waals surface area (Å²) in [5.74, 6) is -0.414. The number of nitriles is 1. The SMILES string of the molecule is N#Cc1cccc(N2C[C@@H](C(=O)N3CCC(c4c[nH]c5ccccc45)(c4c[nH]c5ccccc45)CC3)CC2=O)c1. The summed E-state index contributed by atoms with van der Waals surface area (Å²) in [6.07, 6.45) is 6.07. The number of aromatic nitrogens is 2. The van der Waals surface area contributed by atoms with E-state index in [2.05, 4.69) is 64.8 Å². The summed E-state index contributed by atoms with van der Waals surface area (Å²) in [5, 5.41) is 11.7. The number of likely N-dealkylation sites (tertiary alicyclic amines) is 1. The molecule has 2 N–H and O–H groups in total. The summed E-state index contributed by atoms with van der Waals surface area (Å²) in [5.41, 5.74) is 5.67. The Balaban J connectivity index is 1.17. The van der Waals surface area contributed by atoms with Gasteiger partial charge >= 0.3 is 0 Å². The van der Waals surface area contributed by atoms with Crippen LogP contribution in [0.3, 0.4) is 0 Å². The van der Waals surface area contributed by atoms with Crippen LogP contribution < -0.4 is 4.90 Å². The standard InChI is InChI=1S/C33H29N5O2/c34-18-22-6-5-7-24(16-22)38-21-23(17-31(38)39)32(40)37-14-12-33(13-15-37,27-19-35-29-10-3-1-8-25(27)29)28-20-36-30-11-4-2-9-26(28)30/h1-11,16,19-20,23,35-36H,12-15,17,21H2/t23-/m0/s1. The minimum Gasteiger partial charge on any atom is -0.361 e. The second-order valence-electron chi connectivity index (χ2n) is 11.0. The molecule has 5 aromatic rings. The highest BCUT2D eigenvalue weighted by atomic mass is 16.2. The Bertz CT molecular complexity index is 1720. The number of H-pyrrole nitrogens is 2. The molecule has 0 saturated carbocycles.